The SMILES string of the molecule is C[C@@H](C(=O)NCc1ccco1)N(Cc1ccc(Cl)cc1)C(=O)CCc1ccccc1. The van der Waals surface area contributed by atoms with Crippen molar-refractivity contribution in [2.45, 2.75) is 38.9 Å². The molecule has 3 aromatic rings. The van der Waals surface area contributed by atoms with Crippen LogP contribution in [0.3, 0.4) is 0 Å². The average Bonchev–Trinajstić information content (AvgIpc) is 3.29. The molecule has 0 radical (unpaired) electrons. The summed E-state index contributed by atoms with van der Waals surface area (Å²) < 4.78 is 5.26. The van der Waals surface area contributed by atoms with E-state index in [1.165, 1.54) is 0 Å². The highest BCUT2D eigenvalue weighted by Gasteiger charge is 2.26. The molecule has 6 heteroatoms. The largest absolute Gasteiger partial charge is 0.467 e. The van der Waals surface area contributed by atoms with E-state index in [0.29, 0.717) is 30.2 Å². The van der Waals surface area contributed by atoms with Gasteiger partial charge in [-0.2, -0.15) is 0 Å². The van der Waals surface area contributed by atoms with Crippen molar-refractivity contribution in [2.24, 2.45) is 0 Å². The maximum atomic E-state index is 13.1. The zero-order valence-corrected chi connectivity index (χ0v) is 17.6. The van der Waals surface area contributed by atoms with Crippen LogP contribution in [-0.4, -0.2) is 22.8 Å². The van der Waals surface area contributed by atoms with Gasteiger partial charge in [0.1, 0.15) is 11.8 Å². The Kier molecular flexibility index (Phi) is 7.69. The lowest BCUT2D eigenvalue weighted by molar-refractivity contribution is -0.140. The Hall–Kier alpha value is -3.05. The first-order chi connectivity index (χ1) is 14.5. The highest BCUT2D eigenvalue weighted by molar-refractivity contribution is 6.30. The Morgan fingerprint density at radius 2 is 1.73 bits per heavy atom. The van der Waals surface area contributed by atoms with Crippen LogP contribution in [0.5, 0.6) is 0 Å². The predicted molar refractivity (Wildman–Crippen MR) is 117 cm³/mol. The Morgan fingerprint density at radius 1 is 1.00 bits per heavy atom. The smallest absolute Gasteiger partial charge is 0.242 e. The lowest BCUT2D eigenvalue weighted by Gasteiger charge is -2.29. The highest BCUT2D eigenvalue weighted by atomic mass is 35.5. The number of hydrogen-bond donors (Lipinski definition) is 1. The van der Waals surface area contributed by atoms with Crippen molar-refractivity contribution in [3.63, 3.8) is 0 Å². The molecule has 0 saturated heterocycles. The van der Waals surface area contributed by atoms with Crippen molar-refractivity contribution in [1.82, 2.24) is 10.2 Å². The molecule has 0 fully saturated rings. The molecule has 0 unspecified atom stereocenters. The van der Waals surface area contributed by atoms with E-state index in [-0.39, 0.29) is 18.4 Å². The molecule has 5 nitrogen and oxygen atoms in total. The van der Waals surface area contributed by atoms with Crippen LogP contribution in [0.15, 0.2) is 77.4 Å². The van der Waals surface area contributed by atoms with Gasteiger partial charge in [-0.1, -0.05) is 54.1 Å². The average molecular weight is 425 g/mol. The maximum Gasteiger partial charge on any atom is 0.242 e. The number of benzene rings is 2. The number of nitrogens with zero attached hydrogens (tertiary/aromatic N) is 1. The third kappa shape index (κ3) is 6.22. The maximum absolute atomic E-state index is 13.1. The summed E-state index contributed by atoms with van der Waals surface area (Å²) in [5.74, 6) is 0.359. The number of rotatable bonds is 9. The number of carbonyl (C=O) groups excluding carboxylic acids is 2. The molecule has 1 aromatic heterocycles. The zero-order valence-electron chi connectivity index (χ0n) is 16.9. The van der Waals surface area contributed by atoms with Crippen LogP contribution < -0.4 is 5.32 Å². The number of hydrogen-bond acceptors (Lipinski definition) is 3. The van der Waals surface area contributed by atoms with Crippen LogP contribution in [-0.2, 0) is 29.1 Å². The van der Waals surface area contributed by atoms with Crippen molar-refractivity contribution in [3.8, 4) is 0 Å². The monoisotopic (exact) mass is 424 g/mol. The van der Waals surface area contributed by atoms with E-state index in [1.54, 1.807) is 42.4 Å². The summed E-state index contributed by atoms with van der Waals surface area (Å²) in [4.78, 5) is 27.4. The van der Waals surface area contributed by atoms with Gasteiger partial charge < -0.3 is 14.6 Å². The van der Waals surface area contributed by atoms with Gasteiger partial charge in [-0.25, -0.2) is 0 Å². The summed E-state index contributed by atoms with van der Waals surface area (Å²) in [5.41, 5.74) is 2.00. The zero-order chi connectivity index (χ0) is 21.3. The standard InChI is InChI=1S/C24H25ClN2O3/c1-18(24(29)26-16-22-8-5-15-30-22)27(17-20-9-12-21(25)13-10-20)23(28)14-11-19-6-3-2-4-7-19/h2-10,12-13,15,18H,11,14,16-17H2,1H3,(H,26,29)/t18-/m0/s1. The number of nitrogens with one attached hydrogen (secondary N) is 1. The molecule has 2 amide bonds. The number of halogens is 1. The first-order valence-corrected chi connectivity index (χ1v) is 10.3. The summed E-state index contributed by atoms with van der Waals surface area (Å²) in [7, 11) is 0. The molecule has 30 heavy (non-hydrogen) atoms. The van der Waals surface area contributed by atoms with Gasteiger partial charge in [-0.3, -0.25) is 9.59 Å². The molecule has 1 N–H and O–H groups in total. The molecule has 2 aromatic carbocycles. The summed E-state index contributed by atoms with van der Waals surface area (Å²) in [5, 5.41) is 3.47. The molecule has 1 heterocycles. The lowest BCUT2D eigenvalue weighted by Crippen LogP contribution is -2.47. The van der Waals surface area contributed by atoms with Crippen molar-refractivity contribution < 1.29 is 14.0 Å². The van der Waals surface area contributed by atoms with Crippen molar-refractivity contribution in [1.29, 1.82) is 0 Å². The van der Waals surface area contributed by atoms with Gasteiger partial charge in [0.2, 0.25) is 11.8 Å². The van der Waals surface area contributed by atoms with Gasteiger partial charge in [-0.05, 0) is 48.7 Å². The Balaban J connectivity index is 1.68. The Bertz CT molecular complexity index is 940. The van der Waals surface area contributed by atoms with E-state index in [4.69, 9.17) is 16.0 Å². The van der Waals surface area contributed by atoms with Gasteiger partial charge in [0, 0.05) is 18.0 Å². The first kappa shape index (κ1) is 21.7. The summed E-state index contributed by atoms with van der Waals surface area (Å²) in [6.45, 7) is 2.36. The van der Waals surface area contributed by atoms with Crippen LogP contribution >= 0.6 is 11.6 Å². The summed E-state index contributed by atoms with van der Waals surface area (Å²) in [6.07, 6.45) is 2.51. The minimum Gasteiger partial charge on any atom is -0.467 e. The fraction of sp³-hybridized carbons (Fsp3) is 0.250. The molecule has 0 aliphatic heterocycles. The first-order valence-electron chi connectivity index (χ1n) is 9.91. The van der Waals surface area contributed by atoms with E-state index < -0.39 is 6.04 Å². The Labute approximate surface area is 181 Å². The fourth-order valence-electron chi connectivity index (χ4n) is 3.14. The van der Waals surface area contributed by atoms with Crippen LogP contribution in [0, 0.1) is 0 Å². The van der Waals surface area contributed by atoms with Gasteiger partial charge >= 0.3 is 0 Å². The van der Waals surface area contributed by atoms with Gasteiger partial charge in [0.15, 0.2) is 0 Å². The summed E-state index contributed by atoms with van der Waals surface area (Å²) in [6, 6.07) is 20.1. The number of aryl methyl sites for hydroxylation is 1. The predicted octanol–water partition coefficient (Wildman–Crippen LogP) is 4.60. The van der Waals surface area contributed by atoms with Crippen LogP contribution in [0.25, 0.3) is 0 Å². The normalized spacial score (nSPS) is 11.7. The molecule has 1 atom stereocenters. The molecular weight excluding hydrogens is 400 g/mol. The van der Waals surface area contributed by atoms with Crippen molar-refractivity contribution in [2.75, 3.05) is 0 Å². The lowest BCUT2D eigenvalue weighted by atomic mass is 10.1. The minimum atomic E-state index is -0.626. The van der Waals surface area contributed by atoms with E-state index in [0.717, 1.165) is 11.1 Å². The molecule has 156 valence electrons. The second-order valence-electron chi connectivity index (χ2n) is 7.11. The van der Waals surface area contributed by atoms with Gasteiger partial charge in [-0.15, -0.1) is 0 Å². The molecule has 0 bridgehead atoms. The van der Waals surface area contributed by atoms with E-state index >= 15 is 0 Å². The van der Waals surface area contributed by atoms with Crippen LogP contribution in [0.4, 0.5) is 0 Å². The quantitative estimate of drug-likeness (QED) is 0.546. The highest BCUT2D eigenvalue weighted by Crippen LogP contribution is 2.15. The molecule has 0 aliphatic carbocycles. The Morgan fingerprint density at radius 3 is 2.40 bits per heavy atom. The third-order valence-electron chi connectivity index (χ3n) is 4.92. The van der Waals surface area contributed by atoms with Gasteiger partial charge in [0.05, 0.1) is 12.8 Å². The molecule has 3 rings (SSSR count). The molecule has 0 aliphatic rings. The van der Waals surface area contributed by atoms with E-state index in [9.17, 15) is 9.59 Å². The molecular formula is C24H25ClN2O3. The second-order valence-corrected chi connectivity index (χ2v) is 7.54. The topological polar surface area (TPSA) is 62.6 Å². The molecule has 0 saturated carbocycles. The fourth-order valence-corrected chi connectivity index (χ4v) is 3.27. The van der Waals surface area contributed by atoms with E-state index in [2.05, 4.69) is 5.32 Å². The van der Waals surface area contributed by atoms with Gasteiger partial charge in [0.25, 0.3) is 0 Å². The number of furan rings is 1. The van der Waals surface area contributed by atoms with Crippen molar-refractivity contribution >= 4 is 23.4 Å². The third-order valence-corrected chi connectivity index (χ3v) is 5.17. The number of carbonyl (C=O) groups is 2. The number of amides is 2. The minimum absolute atomic E-state index is 0.0746. The summed E-state index contributed by atoms with van der Waals surface area (Å²) >= 11 is 5.98. The van der Waals surface area contributed by atoms with Crippen LogP contribution in [0.2, 0.25) is 5.02 Å². The molecule has 0 spiro atoms. The second kappa shape index (κ2) is 10.6. The van der Waals surface area contributed by atoms with Crippen molar-refractivity contribution in [3.05, 3.63) is 94.9 Å². The van der Waals surface area contributed by atoms with E-state index in [1.807, 2.05) is 42.5 Å². The van der Waals surface area contributed by atoms with Crippen LogP contribution in [0.1, 0.15) is 30.2 Å².